The lowest BCUT2D eigenvalue weighted by molar-refractivity contribution is -0.123. The molecule has 0 N–H and O–H groups in total. The van der Waals surface area contributed by atoms with E-state index >= 15 is 0 Å². The molecule has 0 fully saturated rings. The van der Waals surface area contributed by atoms with Gasteiger partial charge in [-0.05, 0) is 34.2 Å². The molecule has 3 nitrogen and oxygen atoms in total. The molecule has 0 atom stereocenters. The van der Waals surface area contributed by atoms with Crippen molar-refractivity contribution in [3.63, 3.8) is 0 Å². The summed E-state index contributed by atoms with van der Waals surface area (Å²) in [6.07, 6.45) is 5.15. The van der Waals surface area contributed by atoms with Gasteiger partial charge < -0.3 is 4.90 Å². The molecule has 2 rings (SSSR count). The highest BCUT2D eigenvalue weighted by atomic mass is 127. The van der Waals surface area contributed by atoms with E-state index in [9.17, 15) is 4.79 Å². The topological polar surface area (TPSA) is 32.7 Å². The lowest BCUT2D eigenvalue weighted by Gasteiger charge is -2.24. The number of rotatable bonds is 6. The van der Waals surface area contributed by atoms with Crippen LogP contribution in [0, 0.1) is 3.57 Å². The van der Waals surface area contributed by atoms with Crippen LogP contribution in [0.2, 0.25) is 0 Å². The molecule has 1 aliphatic heterocycles. The summed E-state index contributed by atoms with van der Waals surface area (Å²) < 4.78 is 1.11. The van der Waals surface area contributed by atoms with Gasteiger partial charge >= 0.3 is 0 Å². The second-order valence-electron chi connectivity index (χ2n) is 4.29. The Balaban J connectivity index is 2.19. The molecule has 0 saturated heterocycles. The Hall–Kier alpha value is -1.69. The van der Waals surface area contributed by atoms with Crippen molar-refractivity contribution < 1.29 is 4.79 Å². The number of carbonyl (C=O) groups is 1. The van der Waals surface area contributed by atoms with Crippen molar-refractivity contribution in [2.45, 2.75) is 0 Å². The summed E-state index contributed by atoms with van der Waals surface area (Å²) in [6, 6.07) is 7.96. The standard InChI is InChI=1S/C16H15IN2O/c1-3-9-19(10-4-2)16(20)15-13(11-18-15)12-7-5-6-8-14(12)17/h3-8,11H,1-2,9-10H2. The molecule has 0 radical (unpaired) electrons. The summed E-state index contributed by atoms with van der Waals surface area (Å²) in [5.41, 5.74) is 2.46. The van der Waals surface area contributed by atoms with Gasteiger partial charge in [0.15, 0.2) is 0 Å². The third-order valence-electron chi connectivity index (χ3n) is 2.93. The smallest absolute Gasteiger partial charge is 0.273 e. The molecule has 0 bridgehead atoms. The van der Waals surface area contributed by atoms with E-state index in [0.717, 1.165) is 14.7 Å². The van der Waals surface area contributed by atoms with Crippen molar-refractivity contribution in [2.24, 2.45) is 4.99 Å². The first-order chi connectivity index (χ1) is 9.69. The fourth-order valence-corrected chi connectivity index (χ4v) is 2.62. The Kier molecular flexibility index (Phi) is 4.89. The minimum absolute atomic E-state index is 0.0815. The van der Waals surface area contributed by atoms with E-state index in [1.165, 1.54) is 0 Å². The molecule has 20 heavy (non-hydrogen) atoms. The number of halogens is 1. The Labute approximate surface area is 132 Å². The third kappa shape index (κ3) is 2.90. The van der Waals surface area contributed by atoms with Gasteiger partial charge in [-0.15, -0.1) is 13.2 Å². The summed E-state index contributed by atoms with van der Waals surface area (Å²) in [7, 11) is 0. The summed E-state index contributed by atoms with van der Waals surface area (Å²) in [6.45, 7) is 8.33. The number of aliphatic imine (C=N–C) groups is 1. The first kappa shape index (κ1) is 14.7. The van der Waals surface area contributed by atoms with Gasteiger partial charge in [-0.2, -0.15) is 0 Å². The Bertz CT molecular complexity index is 607. The lowest BCUT2D eigenvalue weighted by atomic mass is 9.98. The van der Waals surface area contributed by atoms with Crippen LogP contribution in [-0.2, 0) is 4.79 Å². The van der Waals surface area contributed by atoms with Crippen LogP contribution in [0.3, 0.4) is 0 Å². The van der Waals surface area contributed by atoms with Gasteiger partial charge in [-0.3, -0.25) is 4.79 Å². The third-order valence-corrected chi connectivity index (χ3v) is 3.87. The van der Waals surface area contributed by atoms with Crippen molar-refractivity contribution in [3.8, 4) is 0 Å². The minimum atomic E-state index is -0.0815. The van der Waals surface area contributed by atoms with E-state index in [0.29, 0.717) is 18.8 Å². The van der Waals surface area contributed by atoms with Gasteiger partial charge in [-0.25, -0.2) is 4.99 Å². The van der Waals surface area contributed by atoms with E-state index < -0.39 is 0 Å². The molecule has 0 aliphatic carbocycles. The quantitative estimate of drug-likeness (QED) is 0.553. The Morgan fingerprint density at radius 2 is 1.90 bits per heavy atom. The van der Waals surface area contributed by atoms with Crippen LogP contribution in [0.5, 0.6) is 0 Å². The summed E-state index contributed by atoms with van der Waals surface area (Å²) in [4.78, 5) is 18.3. The number of nitrogens with zero attached hydrogens (tertiary/aromatic N) is 2. The molecular weight excluding hydrogens is 363 g/mol. The monoisotopic (exact) mass is 378 g/mol. The van der Waals surface area contributed by atoms with Gasteiger partial charge in [0, 0.05) is 28.4 Å². The lowest BCUT2D eigenvalue weighted by Crippen LogP contribution is -2.38. The zero-order valence-electron chi connectivity index (χ0n) is 11.1. The van der Waals surface area contributed by atoms with Crippen LogP contribution < -0.4 is 0 Å². The predicted molar refractivity (Wildman–Crippen MR) is 91.5 cm³/mol. The number of amides is 1. The van der Waals surface area contributed by atoms with Gasteiger partial charge in [-0.1, -0.05) is 30.4 Å². The van der Waals surface area contributed by atoms with Crippen molar-refractivity contribution in [3.05, 3.63) is 64.9 Å². The number of hydrogen-bond donors (Lipinski definition) is 0. The maximum absolute atomic E-state index is 12.5. The molecule has 0 saturated carbocycles. The van der Waals surface area contributed by atoms with Gasteiger partial charge in [0.05, 0.1) is 0 Å². The molecule has 1 heterocycles. The van der Waals surface area contributed by atoms with Crippen LogP contribution in [0.15, 0.2) is 60.8 Å². The molecule has 1 aliphatic rings. The Morgan fingerprint density at radius 1 is 1.25 bits per heavy atom. The number of benzene rings is 1. The summed E-state index contributed by atoms with van der Waals surface area (Å²) >= 11 is 2.26. The molecule has 0 unspecified atom stereocenters. The van der Waals surface area contributed by atoms with Crippen LogP contribution in [-0.4, -0.2) is 29.6 Å². The van der Waals surface area contributed by atoms with Crippen molar-refractivity contribution in [2.75, 3.05) is 13.1 Å². The molecule has 4 heteroatoms. The maximum Gasteiger partial charge on any atom is 0.273 e. The molecule has 0 spiro atoms. The highest BCUT2D eigenvalue weighted by molar-refractivity contribution is 14.1. The van der Waals surface area contributed by atoms with E-state index in [1.807, 2.05) is 24.3 Å². The number of hydrogen-bond acceptors (Lipinski definition) is 2. The second-order valence-corrected chi connectivity index (χ2v) is 5.45. The highest BCUT2D eigenvalue weighted by Gasteiger charge is 2.27. The van der Waals surface area contributed by atoms with Gasteiger partial charge in [0.1, 0.15) is 5.71 Å². The Morgan fingerprint density at radius 3 is 2.40 bits per heavy atom. The van der Waals surface area contributed by atoms with Crippen LogP contribution in [0.1, 0.15) is 5.56 Å². The van der Waals surface area contributed by atoms with E-state index in [2.05, 4.69) is 40.7 Å². The fraction of sp³-hybridized carbons (Fsp3) is 0.125. The molecule has 0 aromatic heterocycles. The first-order valence-corrected chi connectivity index (χ1v) is 7.31. The maximum atomic E-state index is 12.5. The van der Waals surface area contributed by atoms with E-state index in [1.54, 1.807) is 23.3 Å². The largest absolute Gasteiger partial charge is 0.330 e. The van der Waals surface area contributed by atoms with Gasteiger partial charge in [0.2, 0.25) is 0 Å². The summed E-state index contributed by atoms with van der Waals surface area (Å²) in [5, 5.41) is 0. The molecule has 102 valence electrons. The predicted octanol–water partition coefficient (Wildman–Crippen LogP) is 3.29. The first-order valence-electron chi connectivity index (χ1n) is 6.23. The average Bonchev–Trinajstić information content (AvgIpc) is 2.40. The molecule has 1 aromatic carbocycles. The normalized spacial score (nSPS) is 12.8. The van der Waals surface area contributed by atoms with Crippen molar-refractivity contribution >= 4 is 39.8 Å². The van der Waals surface area contributed by atoms with Crippen LogP contribution >= 0.6 is 22.6 Å². The van der Waals surface area contributed by atoms with E-state index in [-0.39, 0.29) is 5.91 Å². The second kappa shape index (κ2) is 6.65. The molecular formula is C16H15IN2O. The zero-order chi connectivity index (χ0) is 14.5. The van der Waals surface area contributed by atoms with Crippen molar-refractivity contribution in [1.29, 1.82) is 0 Å². The average molecular weight is 378 g/mol. The van der Waals surface area contributed by atoms with Crippen molar-refractivity contribution in [1.82, 2.24) is 4.90 Å². The zero-order valence-corrected chi connectivity index (χ0v) is 13.2. The fourth-order valence-electron chi connectivity index (χ4n) is 1.94. The number of carbonyl (C=O) groups excluding carboxylic acids is 1. The molecule has 1 amide bonds. The SMILES string of the molecule is C=CCN(CC=C)C(=O)C1=NC=C1c1ccccc1I. The van der Waals surface area contributed by atoms with Gasteiger partial charge in [0.25, 0.3) is 5.91 Å². The summed E-state index contributed by atoms with van der Waals surface area (Å²) in [5.74, 6) is -0.0815. The molecule has 1 aromatic rings. The van der Waals surface area contributed by atoms with E-state index in [4.69, 9.17) is 0 Å². The van der Waals surface area contributed by atoms with Crippen LogP contribution in [0.4, 0.5) is 0 Å². The minimum Gasteiger partial charge on any atom is -0.330 e. The highest BCUT2D eigenvalue weighted by Crippen LogP contribution is 2.28. The van der Waals surface area contributed by atoms with Crippen LogP contribution in [0.25, 0.3) is 5.57 Å².